The molecule has 3 nitrogen and oxygen atoms in total. The lowest BCUT2D eigenvalue weighted by Gasteiger charge is -2.19. The van der Waals surface area contributed by atoms with E-state index in [1.165, 1.54) is 24.3 Å². The van der Waals surface area contributed by atoms with Gasteiger partial charge in [-0.3, -0.25) is 0 Å². The summed E-state index contributed by atoms with van der Waals surface area (Å²) < 4.78 is 56.6. The number of hydrogen-bond acceptors (Lipinski definition) is 3. The van der Waals surface area contributed by atoms with Crippen LogP contribution in [0.2, 0.25) is 0 Å². The van der Waals surface area contributed by atoms with E-state index >= 15 is 0 Å². The predicted molar refractivity (Wildman–Crippen MR) is 114 cm³/mol. The van der Waals surface area contributed by atoms with Crippen molar-refractivity contribution in [2.45, 2.75) is 12.3 Å². The third-order valence-corrected chi connectivity index (χ3v) is 4.54. The number of allylic oxidation sites excluding steroid dienone is 7. The van der Waals surface area contributed by atoms with Crippen molar-refractivity contribution < 1.29 is 17.6 Å². The Labute approximate surface area is 181 Å². The van der Waals surface area contributed by atoms with Crippen LogP contribution in [0.5, 0.6) is 0 Å². The zero-order valence-electron chi connectivity index (χ0n) is 16.6. The molecule has 0 amide bonds. The van der Waals surface area contributed by atoms with Gasteiger partial charge in [-0.05, 0) is 54.2 Å². The van der Waals surface area contributed by atoms with E-state index in [4.69, 9.17) is 5.41 Å². The molecule has 158 valence electrons. The number of nitrogens with one attached hydrogen (secondary N) is 1. The Hall–Kier alpha value is -4.23. The van der Waals surface area contributed by atoms with E-state index in [2.05, 4.69) is 23.0 Å². The summed E-state index contributed by atoms with van der Waals surface area (Å²) in [4.78, 5) is 4.24. The van der Waals surface area contributed by atoms with Crippen LogP contribution in [-0.2, 0) is 6.42 Å². The van der Waals surface area contributed by atoms with Gasteiger partial charge in [-0.1, -0.05) is 18.4 Å². The number of hydrogen-bond donors (Lipinski definition) is 1. The second-order valence-electron chi connectivity index (χ2n) is 6.73. The van der Waals surface area contributed by atoms with E-state index in [0.717, 1.165) is 18.2 Å². The Morgan fingerprint density at radius 3 is 2.72 bits per heavy atom. The summed E-state index contributed by atoms with van der Waals surface area (Å²) in [6, 6.07) is 4.79. The molecule has 0 bridgehead atoms. The van der Waals surface area contributed by atoms with Crippen molar-refractivity contribution in [2.75, 3.05) is 0 Å². The molecule has 3 rings (SSSR count). The van der Waals surface area contributed by atoms with E-state index in [-0.39, 0.29) is 16.8 Å². The molecule has 1 N–H and O–H groups in total. The van der Waals surface area contributed by atoms with Crippen LogP contribution in [0.1, 0.15) is 5.56 Å². The van der Waals surface area contributed by atoms with E-state index in [9.17, 15) is 22.8 Å². The molecule has 0 saturated carbocycles. The van der Waals surface area contributed by atoms with Gasteiger partial charge in [0.25, 0.3) is 5.92 Å². The summed E-state index contributed by atoms with van der Waals surface area (Å²) in [5, 5.41) is 17.6. The minimum Gasteiger partial charge on any atom is -0.303 e. The Bertz CT molecular complexity index is 1300. The summed E-state index contributed by atoms with van der Waals surface area (Å²) in [5.41, 5.74) is 4.81. The van der Waals surface area contributed by atoms with Gasteiger partial charge < -0.3 is 5.41 Å². The molecule has 1 aromatic carbocycles. The summed E-state index contributed by atoms with van der Waals surface area (Å²) in [6.45, 7) is 3.15. The molecular formula is C25H15F4N3. The van der Waals surface area contributed by atoms with Crippen LogP contribution in [0.15, 0.2) is 106 Å². The van der Waals surface area contributed by atoms with Crippen molar-refractivity contribution in [1.29, 1.82) is 10.7 Å². The molecule has 2 aliphatic rings. The summed E-state index contributed by atoms with van der Waals surface area (Å²) >= 11 is 0. The first-order valence-electron chi connectivity index (χ1n) is 9.29. The molecule has 1 aromatic rings. The fourth-order valence-electron chi connectivity index (χ4n) is 2.93. The standard InChI is InChI=1S/C25H15F4N3/c1-2-25(28,29)20-8-5-9-23(18-7-4-3-6-16(12-18)15-30)32-24(20)22(31)13-17-10-11-19(26)14-21(17)27/h2,4-8,10-12,14,31H,1,13H2. The topological polar surface area (TPSA) is 60.0 Å². The van der Waals surface area contributed by atoms with Crippen molar-refractivity contribution in [3.63, 3.8) is 0 Å². The normalized spacial score (nSPS) is 15.4. The van der Waals surface area contributed by atoms with Crippen LogP contribution >= 0.6 is 0 Å². The number of aliphatic imine (C=N–C) groups is 1. The predicted octanol–water partition coefficient (Wildman–Crippen LogP) is 5.87. The van der Waals surface area contributed by atoms with Crippen LogP contribution < -0.4 is 0 Å². The highest BCUT2D eigenvalue weighted by molar-refractivity contribution is 6.48. The Kier molecular flexibility index (Phi) is 6.51. The molecule has 0 spiro atoms. The smallest absolute Gasteiger partial charge is 0.293 e. The summed E-state index contributed by atoms with van der Waals surface area (Å²) in [6.07, 6.45) is 8.33. The van der Waals surface area contributed by atoms with Crippen molar-refractivity contribution in [2.24, 2.45) is 4.99 Å². The van der Waals surface area contributed by atoms with Gasteiger partial charge in [0.15, 0.2) is 0 Å². The Morgan fingerprint density at radius 2 is 2.03 bits per heavy atom. The largest absolute Gasteiger partial charge is 0.303 e. The molecular weight excluding hydrogens is 418 g/mol. The Balaban J connectivity index is 2.09. The highest BCUT2D eigenvalue weighted by Crippen LogP contribution is 2.30. The fourth-order valence-corrected chi connectivity index (χ4v) is 2.93. The van der Waals surface area contributed by atoms with Crippen molar-refractivity contribution in [3.8, 4) is 6.07 Å². The molecule has 0 saturated heterocycles. The number of benzene rings is 1. The van der Waals surface area contributed by atoms with Gasteiger partial charge in [-0.15, -0.1) is 5.73 Å². The summed E-state index contributed by atoms with van der Waals surface area (Å²) in [5.74, 6) is -5.23. The van der Waals surface area contributed by atoms with Gasteiger partial charge in [0.05, 0.1) is 28.6 Å². The Morgan fingerprint density at radius 1 is 1.25 bits per heavy atom. The molecule has 0 unspecified atom stereocenters. The molecule has 0 radical (unpaired) electrons. The van der Waals surface area contributed by atoms with Gasteiger partial charge in [0.1, 0.15) is 17.3 Å². The average molecular weight is 433 g/mol. The van der Waals surface area contributed by atoms with E-state index < -0.39 is 41.0 Å². The number of halogens is 4. The quantitative estimate of drug-likeness (QED) is 0.259. The van der Waals surface area contributed by atoms with Crippen molar-refractivity contribution >= 4 is 11.4 Å². The van der Waals surface area contributed by atoms with E-state index in [0.29, 0.717) is 17.7 Å². The maximum atomic E-state index is 14.6. The molecule has 32 heavy (non-hydrogen) atoms. The number of nitriles is 1. The van der Waals surface area contributed by atoms with Crippen molar-refractivity contribution in [1.82, 2.24) is 0 Å². The average Bonchev–Trinajstić information content (AvgIpc) is 3.14. The highest BCUT2D eigenvalue weighted by Gasteiger charge is 2.35. The molecule has 7 heteroatoms. The summed E-state index contributed by atoms with van der Waals surface area (Å²) in [7, 11) is 0. The van der Waals surface area contributed by atoms with Gasteiger partial charge >= 0.3 is 0 Å². The van der Waals surface area contributed by atoms with Crippen LogP contribution in [0.3, 0.4) is 0 Å². The number of rotatable bonds is 6. The highest BCUT2D eigenvalue weighted by atomic mass is 19.3. The van der Waals surface area contributed by atoms with E-state index in [1.54, 1.807) is 6.08 Å². The number of alkyl halides is 2. The molecule has 1 aliphatic heterocycles. The van der Waals surface area contributed by atoms with Gasteiger partial charge in [-0.25, -0.2) is 13.8 Å². The molecule has 0 fully saturated rings. The zero-order chi connectivity index (χ0) is 23.3. The molecule has 1 aliphatic carbocycles. The lowest BCUT2D eigenvalue weighted by atomic mass is 9.95. The van der Waals surface area contributed by atoms with E-state index in [1.807, 2.05) is 6.07 Å². The van der Waals surface area contributed by atoms with Crippen LogP contribution in [0, 0.1) is 28.4 Å². The minimum absolute atomic E-state index is 0.0458. The van der Waals surface area contributed by atoms with Gasteiger partial charge in [0, 0.05) is 18.1 Å². The minimum atomic E-state index is -3.53. The third-order valence-electron chi connectivity index (χ3n) is 4.54. The zero-order valence-corrected chi connectivity index (χ0v) is 16.6. The maximum Gasteiger partial charge on any atom is 0.293 e. The monoisotopic (exact) mass is 433 g/mol. The third kappa shape index (κ3) is 4.91. The second-order valence-corrected chi connectivity index (χ2v) is 6.73. The molecule has 1 heterocycles. The van der Waals surface area contributed by atoms with Gasteiger partial charge in [0.2, 0.25) is 0 Å². The number of nitrogens with zero attached hydrogens (tertiary/aromatic N) is 2. The van der Waals surface area contributed by atoms with Gasteiger partial charge in [-0.2, -0.15) is 14.0 Å². The first-order chi connectivity index (χ1) is 15.2. The maximum absolute atomic E-state index is 14.6. The van der Waals surface area contributed by atoms with Crippen LogP contribution in [0.4, 0.5) is 17.6 Å². The first-order valence-corrected chi connectivity index (χ1v) is 9.29. The second kappa shape index (κ2) is 9.28. The lowest BCUT2D eigenvalue weighted by Crippen LogP contribution is -2.29. The first kappa shape index (κ1) is 22.5. The fraction of sp³-hybridized carbons (Fsp3) is 0.0800. The SMILES string of the molecule is C=CC(F)(F)C1=CC=C=C(C2=CC=C=CC(C#N)=C2)N=C1C(=N)Cc1ccc(F)cc1F. The van der Waals surface area contributed by atoms with Crippen molar-refractivity contribution in [3.05, 3.63) is 118 Å². The lowest BCUT2D eigenvalue weighted by molar-refractivity contribution is 0.105. The molecule has 0 atom stereocenters. The van der Waals surface area contributed by atoms with Crippen LogP contribution in [-0.4, -0.2) is 17.3 Å². The molecule has 0 aromatic heterocycles. The van der Waals surface area contributed by atoms with Crippen LogP contribution in [0.25, 0.3) is 0 Å².